The second-order valence-corrected chi connectivity index (χ2v) is 5.75. The van der Waals surface area contributed by atoms with Crippen LogP contribution in [0.1, 0.15) is 43.8 Å². The summed E-state index contributed by atoms with van der Waals surface area (Å²) in [7, 11) is 0. The standard InChI is InChI=1S/C15H25N3.2ClH/c1-2-5-13(6-3-1)15(14-7-4-8-17-14)18-11-9-16-10-12-18;;/h4,7-8,13,15-17H,1-3,5-6,9-12H2;2*1H/t15-;;/m0../s1. The lowest BCUT2D eigenvalue weighted by Crippen LogP contribution is -2.47. The first-order valence-corrected chi connectivity index (χ1v) is 7.53. The van der Waals surface area contributed by atoms with E-state index in [0.717, 1.165) is 19.0 Å². The Bertz CT molecular complexity index is 326. The van der Waals surface area contributed by atoms with E-state index in [1.165, 1.54) is 50.9 Å². The van der Waals surface area contributed by atoms with Crippen LogP contribution in [0.4, 0.5) is 0 Å². The van der Waals surface area contributed by atoms with Crippen LogP contribution in [0.5, 0.6) is 0 Å². The predicted molar refractivity (Wildman–Crippen MR) is 89.0 cm³/mol. The average molecular weight is 320 g/mol. The van der Waals surface area contributed by atoms with Crippen LogP contribution in [0, 0.1) is 5.92 Å². The van der Waals surface area contributed by atoms with E-state index in [-0.39, 0.29) is 24.8 Å². The van der Waals surface area contributed by atoms with Crippen molar-refractivity contribution in [2.24, 2.45) is 5.92 Å². The van der Waals surface area contributed by atoms with Crippen LogP contribution in [-0.2, 0) is 0 Å². The second-order valence-electron chi connectivity index (χ2n) is 5.75. The van der Waals surface area contributed by atoms with Crippen LogP contribution in [0.25, 0.3) is 0 Å². The van der Waals surface area contributed by atoms with Crippen molar-refractivity contribution in [3.63, 3.8) is 0 Å². The predicted octanol–water partition coefficient (Wildman–Crippen LogP) is 3.38. The van der Waals surface area contributed by atoms with Crippen molar-refractivity contribution in [1.29, 1.82) is 0 Å². The van der Waals surface area contributed by atoms with Gasteiger partial charge in [0.25, 0.3) is 0 Å². The molecule has 1 saturated carbocycles. The molecular weight excluding hydrogens is 293 g/mol. The number of aromatic nitrogens is 1. The zero-order valence-electron chi connectivity index (χ0n) is 12.0. The van der Waals surface area contributed by atoms with Crippen molar-refractivity contribution >= 4 is 24.8 Å². The van der Waals surface area contributed by atoms with E-state index < -0.39 is 0 Å². The maximum Gasteiger partial charge on any atom is 0.0527 e. The number of nitrogens with zero attached hydrogens (tertiary/aromatic N) is 1. The minimum atomic E-state index is 0. The number of halogens is 2. The summed E-state index contributed by atoms with van der Waals surface area (Å²) in [5.41, 5.74) is 1.43. The lowest BCUT2D eigenvalue weighted by molar-refractivity contribution is 0.101. The van der Waals surface area contributed by atoms with E-state index in [2.05, 4.69) is 33.5 Å². The normalized spacial score (nSPS) is 22.6. The SMILES string of the molecule is Cl.Cl.c1c[nH]c([C@H](C2CCCCC2)N2CCNCC2)c1. The van der Waals surface area contributed by atoms with Crippen LogP contribution >= 0.6 is 24.8 Å². The highest BCUT2D eigenvalue weighted by molar-refractivity contribution is 5.85. The number of aromatic amines is 1. The van der Waals surface area contributed by atoms with E-state index >= 15 is 0 Å². The van der Waals surface area contributed by atoms with Crippen molar-refractivity contribution in [3.05, 3.63) is 24.0 Å². The fourth-order valence-electron chi connectivity index (χ4n) is 3.69. The van der Waals surface area contributed by atoms with E-state index in [9.17, 15) is 0 Å². The fraction of sp³-hybridized carbons (Fsp3) is 0.733. The molecule has 0 aromatic carbocycles. The lowest BCUT2D eigenvalue weighted by Gasteiger charge is -2.40. The van der Waals surface area contributed by atoms with E-state index in [4.69, 9.17) is 0 Å². The monoisotopic (exact) mass is 319 g/mol. The highest BCUT2D eigenvalue weighted by Crippen LogP contribution is 2.37. The molecule has 5 heteroatoms. The van der Waals surface area contributed by atoms with Crippen LogP contribution < -0.4 is 5.32 Å². The maximum absolute atomic E-state index is 3.47. The molecule has 0 bridgehead atoms. The van der Waals surface area contributed by atoms with Gasteiger partial charge in [-0.15, -0.1) is 24.8 Å². The van der Waals surface area contributed by atoms with Gasteiger partial charge in [-0.05, 0) is 30.9 Å². The number of rotatable bonds is 3. The summed E-state index contributed by atoms with van der Waals surface area (Å²) >= 11 is 0. The van der Waals surface area contributed by atoms with Gasteiger partial charge in [-0.2, -0.15) is 0 Å². The van der Waals surface area contributed by atoms with Crippen LogP contribution in [-0.4, -0.2) is 36.1 Å². The smallest absolute Gasteiger partial charge is 0.0527 e. The number of hydrogen-bond donors (Lipinski definition) is 2. The van der Waals surface area contributed by atoms with Gasteiger partial charge >= 0.3 is 0 Å². The van der Waals surface area contributed by atoms with Crippen molar-refractivity contribution < 1.29 is 0 Å². The largest absolute Gasteiger partial charge is 0.364 e. The second kappa shape index (κ2) is 8.93. The van der Waals surface area contributed by atoms with Gasteiger partial charge < -0.3 is 10.3 Å². The Hall–Kier alpha value is -0.220. The first-order chi connectivity index (χ1) is 8.95. The summed E-state index contributed by atoms with van der Waals surface area (Å²) in [6, 6.07) is 5.05. The topological polar surface area (TPSA) is 31.1 Å². The number of piperazine rings is 1. The first kappa shape index (κ1) is 17.8. The molecule has 2 N–H and O–H groups in total. The summed E-state index contributed by atoms with van der Waals surface area (Å²) in [5, 5.41) is 3.47. The third-order valence-corrected chi connectivity index (χ3v) is 4.58. The highest BCUT2D eigenvalue weighted by Gasteiger charge is 2.31. The number of H-pyrrole nitrogens is 1. The summed E-state index contributed by atoms with van der Waals surface area (Å²) in [4.78, 5) is 6.16. The Kier molecular flexibility index (Phi) is 7.96. The molecular formula is C15H27Cl2N3. The quantitative estimate of drug-likeness (QED) is 0.894. The van der Waals surface area contributed by atoms with E-state index in [1.807, 2.05) is 0 Å². The third-order valence-electron chi connectivity index (χ3n) is 4.58. The summed E-state index contributed by atoms with van der Waals surface area (Å²) < 4.78 is 0. The molecule has 3 rings (SSSR count). The van der Waals surface area contributed by atoms with Crippen molar-refractivity contribution in [2.45, 2.75) is 38.1 Å². The molecule has 116 valence electrons. The van der Waals surface area contributed by atoms with Crippen molar-refractivity contribution in [1.82, 2.24) is 15.2 Å². The molecule has 1 aliphatic carbocycles. The van der Waals surface area contributed by atoms with Gasteiger partial charge in [0.15, 0.2) is 0 Å². The minimum Gasteiger partial charge on any atom is -0.364 e. The van der Waals surface area contributed by atoms with Gasteiger partial charge in [0.05, 0.1) is 6.04 Å². The molecule has 2 heterocycles. The lowest BCUT2D eigenvalue weighted by atomic mass is 9.81. The van der Waals surface area contributed by atoms with Crippen LogP contribution in [0.2, 0.25) is 0 Å². The van der Waals surface area contributed by atoms with Gasteiger partial charge in [-0.3, -0.25) is 4.90 Å². The molecule has 1 saturated heterocycles. The fourth-order valence-corrected chi connectivity index (χ4v) is 3.69. The summed E-state index contributed by atoms with van der Waals surface area (Å²) in [6.07, 6.45) is 9.19. The Morgan fingerprint density at radius 2 is 1.75 bits per heavy atom. The van der Waals surface area contributed by atoms with Crippen LogP contribution in [0.15, 0.2) is 18.3 Å². The molecule has 20 heavy (non-hydrogen) atoms. The Labute approximate surface area is 134 Å². The molecule has 2 fully saturated rings. The maximum atomic E-state index is 3.47. The molecule has 1 atom stereocenters. The summed E-state index contributed by atoms with van der Waals surface area (Å²) in [6.45, 7) is 4.67. The van der Waals surface area contributed by atoms with E-state index in [0.29, 0.717) is 6.04 Å². The molecule has 1 aromatic heterocycles. The molecule has 0 amide bonds. The number of nitrogens with one attached hydrogen (secondary N) is 2. The molecule has 0 radical (unpaired) electrons. The van der Waals surface area contributed by atoms with Gasteiger partial charge in [-0.1, -0.05) is 19.3 Å². The zero-order valence-corrected chi connectivity index (χ0v) is 13.6. The Morgan fingerprint density at radius 1 is 1.05 bits per heavy atom. The molecule has 1 aromatic rings. The third kappa shape index (κ3) is 4.14. The average Bonchev–Trinajstić information content (AvgIpc) is 2.95. The van der Waals surface area contributed by atoms with E-state index in [1.54, 1.807) is 0 Å². The number of hydrogen-bond acceptors (Lipinski definition) is 2. The Morgan fingerprint density at radius 3 is 2.35 bits per heavy atom. The van der Waals surface area contributed by atoms with Gasteiger partial charge in [-0.25, -0.2) is 0 Å². The molecule has 1 aliphatic heterocycles. The Balaban J connectivity index is 0.000001000. The van der Waals surface area contributed by atoms with Gasteiger partial charge in [0, 0.05) is 38.1 Å². The minimum absolute atomic E-state index is 0. The first-order valence-electron chi connectivity index (χ1n) is 7.53. The highest BCUT2D eigenvalue weighted by atomic mass is 35.5. The van der Waals surface area contributed by atoms with Crippen molar-refractivity contribution in [3.8, 4) is 0 Å². The molecule has 2 aliphatic rings. The van der Waals surface area contributed by atoms with Gasteiger partial charge in [0.1, 0.15) is 0 Å². The van der Waals surface area contributed by atoms with Crippen molar-refractivity contribution in [2.75, 3.05) is 26.2 Å². The summed E-state index contributed by atoms with van der Waals surface area (Å²) in [5.74, 6) is 0.857. The van der Waals surface area contributed by atoms with Gasteiger partial charge in [0.2, 0.25) is 0 Å². The molecule has 0 unspecified atom stereocenters. The molecule has 0 spiro atoms. The zero-order chi connectivity index (χ0) is 12.2. The van der Waals surface area contributed by atoms with Crippen LogP contribution in [0.3, 0.4) is 0 Å². The molecule has 3 nitrogen and oxygen atoms in total.